The molecule has 0 aromatic heterocycles. The van der Waals surface area contributed by atoms with Crippen LogP contribution in [0.25, 0.3) is 0 Å². The monoisotopic (exact) mass is 333 g/mol. The molecule has 0 radical (unpaired) electrons. The molecule has 0 N–H and O–H groups in total. The largest absolute Gasteiger partial charge is 0.358 e. The van der Waals surface area contributed by atoms with E-state index >= 15 is 0 Å². The van der Waals surface area contributed by atoms with Crippen LogP contribution in [0.4, 0.5) is 0 Å². The Labute approximate surface area is 137 Å². The lowest BCUT2D eigenvalue weighted by Gasteiger charge is -2.28. The van der Waals surface area contributed by atoms with Gasteiger partial charge in [0.2, 0.25) is 0 Å². The highest BCUT2D eigenvalue weighted by atomic mass is 32.4. The molecular weight excluding hydrogens is 298 g/mol. The minimum atomic E-state index is -1.16. The molecule has 4 heteroatoms. The van der Waals surface area contributed by atoms with Gasteiger partial charge in [0.25, 0.3) is 0 Å². The zero-order valence-electron chi connectivity index (χ0n) is 14.3. The van der Waals surface area contributed by atoms with Crippen molar-refractivity contribution in [3.63, 3.8) is 0 Å². The summed E-state index contributed by atoms with van der Waals surface area (Å²) >= 11 is 7.69. The van der Waals surface area contributed by atoms with E-state index < -0.39 is 7.22 Å². The molecule has 0 bridgehead atoms. The van der Waals surface area contributed by atoms with E-state index in [4.69, 9.17) is 12.2 Å². The van der Waals surface area contributed by atoms with Gasteiger partial charge in [0.1, 0.15) is 11.5 Å². The maximum Gasteiger partial charge on any atom is 0.130 e. The van der Waals surface area contributed by atoms with Crippen LogP contribution in [0.1, 0.15) is 65.2 Å². The molecule has 0 atom stereocenters. The normalized spacial score (nSPS) is 11.7. The predicted octanol–water partition coefficient (Wildman–Crippen LogP) is 6.30. The molecule has 0 aromatic carbocycles. The summed E-state index contributed by atoms with van der Waals surface area (Å²) < 4.78 is 1.16. The average Bonchev–Trinajstić information content (AvgIpc) is 2.34. The zero-order valence-corrected chi connectivity index (χ0v) is 17.0. The van der Waals surface area contributed by atoms with E-state index in [-0.39, 0.29) is 0 Å². The van der Waals surface area contributed by atoms with Gasteiger partial charge in [0.05, 0.1) is 0 Å². The first kappa shape index (κ1) is 20.5. The molecule has 120 valence electrons. The SMILES string of the molecule is CCCCCCN(CCCCCC)C(=S)S[Si](C)(C)C. The van der Waals surface area contributed by atoms with E-state index in [0.717, 1.165) is 4.32 Å². The van der Waals surface area contributed by atoms with Crippen molar-refractivity contribution in [1.82, 2.24) is 4.90 Å². The number of hydrogen-bond donors (Lipinski definition) is 0. The van der Waals surface area contributed by atoms with Crippen molar-refractivity contribution >= 4 is 35.0 Å². The number of hydrogen-bond acceptors (Lipinski definition) is 2. The molecule has 1 nitrogen and oxygen atoms in total. The van der Waals surface area contributed by atoms with Gasteiger partial charge in [0, 0.05) is 13.1 Å². The quantitative estimate of drug-likeness (QED) is 0.248. The summed E-state index contributed by atoms with van der Waals surface area (Å²) in [6, 6.07) is 0. The molecule has 0 fully saturated rings. The zero-order chi connectivity index (χ0) is 15.4. The van der Waals surface area contributed by atoms with Crippen LogP contribution in [-0.4, -0.2) is 29.5 Å². The van der Waals surface area contributed by atoms with Gasteiger partial charge in [0.15, 0.2) is 0 Å². The van der Waals surface area contributed by atoms with Crippen LogP contribution in [0.15, 0.2) is 0 Å². The Morgan fingerprint density at radius 2 is 1.30 bits per heavy atom. The summed E-state index contributed by atoms with van der Waals surface area (Å²) in [7, 11) is -1.16. The van der Waals surface area contributed by atoms with Crippen LogP contribution >= 0.6 is 23.4 Å². The highest BCUT2D eigenvalue weighted by Gasteiger charge is 2.20. The molecular formula is C16H35NS2Si. The Morgan fingerprint density at radius 3 is 1.65 bits per heavy atom. The lowest BCUT2D eigenvalue weighted by atomic mass is 10.2. The van der Waals surface area contributed by atoms with Gasteiger partial charge >= 0.3 is 0 Å². The highest BCUT2D eigenvalue weighted by Crippen LogP contribution is 2.24. The average molecular weight is 334 g/mol. The van der Waals surface area contributed by atoms with Crippen molar-refractivity contribution in [2.75, 3.05) is 13.1 Å². The third-order valence-electron chi connectivity index (χ3n) is 3.21. The lowest BCUT2D eigenvalue weighted by Crippen LogP contribution is -2.33. The van der Waals surface area contributed by atoms with Gasteiger partial charge in [-0.05, 0) is 12.8 Å². The van der Waals surface area contributed by atoms with Crippen molar-refractivity contribution in [2.24, 2.45) is 0 Å². The second-order valence-electron chi connectivity index (χ2n) is 6.59. The van der Waals surface area contributed by atoms with Gasteiger partial charge in [-0.15, -0.1) is 11.2 Å². The second kappa shape index (κ2) is 12.0. The molecule has 0 spiro atoms. The number of nitrogens with zero attached hydrogens (tertiary/aromatic N) is 1. The van der Waals surface area contributed by atoms with Gasteiger partial charge in [-0.25, -0.2) is 0 Å². The highest BCUT2D eigenvalue weighted by molar-refractivity contribution is 8.43. The molecule has 20 heavy (non-hydrogen) atoms. The molecule has 0 heterocycles. The topological polar surface area (TPSA) is 3.24 Å². The molecule has 0 amide bonds. The minimum Gasteiger partial charge on any atom is -0.358 e. The molecule has 0 aliphatic rings. The first-order valence-electron chi connectivity index (χ1n) is 8.38. The standard InChI is InChI=1S/C16H35NS2Si/c1-6-8-10-12-14-17(15-13-11-9-7-2)16(18)19-20(3,4)5/h6-15H2,1-5H3. The summed E-state index contributed by atoms with van der Waals surface area (Å²) in [6.07, 6.45) is 10.6. The number of thiocarbonyl (C=S) groups is 1. The van der Waals surface area contributed by atoms with Gasteiger partial charge < -0.3 is 4.90 Å². The number of unbranched alkanes of at least 4 members (excludes halogenated alkanes) is 6. The Balaban J connectivity index is 4.18. The van der Waals surface area contributed by atoms with E-state index in [1.165, 1.54) is 64.5 Å². The third kappa shape index (κ3) is 12.2. The van der Waals surface area contributed by atoms with Crippen LogP contribution in [0, 0.1) is 0 Å². The fraction of sp³-hybridized carbons (Fsp3) is 0.938. The predicted molar refractivity (Wildman–Crippen MR) is 103 cm³/mol. The molecule has 0 saturated heterocycles. The summed E-state index contributed by atoms with van der Waals surface area (Å²) in [5.41, 5.74) is 0. The fourth-order valence-electron chi connectivity index (χ4n) is 2.08. The van der Waals surface area contributed by atoms with E-state index in [1.54, 1.807) is 0 Å². The van der Waals surface area contributed by atoms with Crippen LogP contribution in [-0.2, 0) is 0 Å². The minimum absolute atomic E-state index is 1.16. The smallest absolute Gasteiger partial charge is 0.130 e. The maximum atomic E-state index is 5.70. The van der Waals surface area contributed by atoms with Crippen molar-refractivity contribution in [3.8, 4) is 0 Å². The number of rotatable bonds is 11. The van der Waals surface area contributed by atoms with Gasteiger partial charge in [-0.1, -0.05) is 84.2 Å². The maximum absolute atomic E-state index is 5.70. The van der Waals surface area contributed by atoms with Crippen LogP contribution < -0.4 is 0 Å². The Bertz CT molecular complexity index is 239. The third-order valence-corrected chi connectivity index (χ3v) is 7.63. The summed E-state index contributed by atoms with van der Waals surface area (Å²) in [5.74, 6) is 0. The van der Waals surface area contributed by atoms with E-state index in [1.807, 2.05) is 11.2 Å². The Hall–Kier alpha value is 0.457. The molecule has 0 unspecified atom stereocenters. The van der Waals surface area contributed by atoms with Crippen molar-refractivity contribution in [2.45, 2.75) is 84.9 Å². The second-order valence-corrected chi connectivity index (χ2v) is 16.3. The summed E-state index contributed by atoms with van der Waals surface area (Å²) in [5, 5.41) is 0. The van der Waals surface area contributed by atoms with Crippen LogP contribution in [0.5, 0.6) is 0 Å². The molecule has 0 saturated carbocycles. The summed E-state index contributed by atoms with van der Waals surface area (Å²) in [6.45, 7) is 14.0. The first-order chi connectivity index (χ1) is 9.40. The molecule has 0 rings (SSSR count). The first-order valence-corrected chi connectivity index (χ1v) is 13.8. The van der Waals surface area contributed by atoms with E-state index in [9.17, 15) is 0 Å². The molecule has 0 aliphatic carbocycles. The summed E-state index contributed by atoms with van der Waals surface area (Å²) in [4.78, 5) is 2.49. The molecule has 0 aliphatic heterocycles. The lowest BCUT2D eigenvalue weighted by molar-refractivity contribution is 0.398. The van der Waals surface area contributed by atoms with E-state index in [0.29, 0.717) is 0 Å². The van der Waals surface area contributed by atoms with Crippen molar-refractivity contribution in [3.05, 3.63) is 0 Å². The Kier molecular flexibility index (Phi) is 12.3. The molecule has 0 aromatic rings. The van der Waals surface area contributed by atoms with Crippen LogP contribution in [0.3, 0.4) is 0 Å². The van der Waals surface area contributed by atoms with E-state index in [2.05, 4.69) is 38.4 Å². The van der Waals surface area contributed by atoms with Gasteiger partial charge in [-0.3, -0.25) is 0 Å². The van der Waals surface area contributed by atoms with Crippen molar-refractivity contribution < 1.29 is 0 Å². The Morgan fingerprint density at radius 1 is 0.850 bits per heavy atom. The van der Waals surface area contributed by atoms with Gasteiger partial charge in [-0.2, -0.15) is 0 Å². The van der Waals surface area contributed by atoms with Crippen molar-refractivity contribution in [1.29, 1.82) is 0 Å². The van der Waals surface area contributed by atoms with Crippen LogP contribution in [0.2, 0.25) is 19.6 Å². The fourth-order valence-corrected chi connectivity index (χ4v) is 7.31.